The van der Waals surface area contributed by atoms with Crippen LogP contribution in [0.5, 0.6) is 0 Å². The Balaban J connectivity index is 1.70. The molecule has 6 nitrogen and oxygen atoms in total. The van der Waals surface area contributed by atoms with Crippen molar-refractivity contribution in [2.45, 2.75) is 19.4 Å². The number of benzene rings is 1. The van der Waals surface area contributed by atoms with Crippen LogP contribution in [0.15, 0.2) is 42.6 Å². The first-order chi connectivity index (χ1) is 12.4. The van der Waals surface area contributed by atoms with Gasteiger partial charge in [-0.1, -0.05) is 11.6 Å². The van der Waals surface area contributed by atoms with Crippen LogP contribution in [0.3, 0.4) is 0 Å². The van der Waals surface area contributed by atoms with E-state index < -0.39 is 9.84 Å². The van der Waals surface area contributed by atoms with Crippen LogP contribution in [-0.4, -0.2) is 48.3 Å². The SMILES string of the molecule is CCN(C(=O)c1ccc(Nc2ccc(Cl)cc2)nc1)C1CCS(=O)(=O)C1. The molecule has 1 aliphatic heterocycles. The van der Waals surface area contributed by atoms with Crippen LogP contribution in [0.1, 0.15) is 23.7 Å². The number of rotatable bonds is 5. The summed E-state index contributed by atoms with van der Waals surface area (Å²) in [5.74, 6) is 0.593. The monoisotopic (exact) mass is 393 g/mol. The van der Waals surface area contributed by atoms with Gasteiger partial charge in [0, 0.05) is 29.5 Å². The quantitative estimate of drug-likeness (QED) is 0.844. The van der Waals surface area contributed by atoms with Gasteiger partial charge in [0.25, 0.3) is 5.91 Å². The molecule has 1 N–H and O–H groups in total. The molecule has 0 spiro atoms. The van der Waals surface area contributed by atoms with Crippen molar-refractivity contribution in [2.75, 3.05) is 23.4 Å². The largest absolute Gasteiger partial charge is 0.340 e. The number of nitrogens with one attached hydrogen (secondary N) is 1. The molecule has 0 aliphatic carbocycles. The highest BCUT2D eigenvalue weighted by Gasteiger charge is 2.34. The number of carbonyl (C=O) groups is 1. The molecule has 0 saturated carbocycles. The summed E-state index contributed by atoms with van der Waals surface area (Å²) in [5.41, 5.74) is 1.28. The lowest BCUT2D eigenvalue weighted by molar-refractivity contribution is 0.0708. The molecule has 1 aromatic carbocycles. The Bertz CT molecular complexity index is 883. The van der Waals surface area contributed by atoms with E-state index in [4.69, 9.17) is 11.6 Å². The second-order valence-corrected chi connectivity index (χ2v) is 8.88. The zero-order chi connectivity index (χ0) is 18.7. The number of hydrogen-bond acceptors (Lipinski definition) is 5. The molecule has 1 amide bonds. The van der Waals surface area contributed by atoms with E-state index in [9.17, 15) is 13.2 Å². The lowest BCUT2D eigenvalue weighted by atomic mass is 10.1. The van der Waals surface area contributed by atoms with Gasteiger partial charge in [-0.3, -0.25) is 4.79 Å². The summed E-state index contributed by atoms with van der Waals surface area (Å²) in [6.07, 6.45) is 2.00. The van der Waals surface area contributed by atoms with E-state index in [-0.39, 0.29) is 23.5 Å². The number of anilines is 2. The normalized spacial score (nSPS) is 18.5. The van der Waals surface area contributed by atoms with Crippen LogP contribution in [-0.2, 0) is 9.84 Å². The van der Waals surface area contributed by atoms with Gasteiger partial charge in [-0.25, -0.2) is 13.4 Å². The molecule has 1 fully saturated rings. The molecule has 8 heteroatoms. The average molecular weight is 394 g/mol. The van der Waals surface area contributed by atoms with Crippen LogP contribution in [0.4, 0.5) is 11.5 Å². The summed E-state index contributed by atoms with van der Waals surface area (Å²) in [4.78, 5) is 18.6. The van der Waals surface area contributed by atoms with Crippen molar-refractivity contribution in [1.29, 1.82) is 0 Å². The van der Waals surface area contributed by atoms with Crippen LogP contribution >= 0.6 is 11.6 Å². The summed E-state index contributed by atoms with van der Waals surface area (Å²) >= 11 is 5.86. The molecule has 0 radical (unpaired) electrons. The van der Waals surface area contributed by atoms with Crippen LogP contribution < -0.4 is 5.32 Å². The van der Waals surface area contributed by atoms with Gasteiger partial charge in [-0.05, 0) is 49.7 Å². The average Bonchev–Trinajstić information content (AvgIpc) is 2.98. The fraction of sp³-hybridized carbons (Fsp3) is 0.333. The molecule has 1 aromatic heterocycles. The highest BCUT2D eigenvalue weighted by Crippen LogP contribution is 2.21. The molecule has 3 rings (SSSR count). The number of amides is 1. The van der Waals surface area contributed by atoms with Gasteiger partial charge in [-0.15, -0.1) is 0 Å². The van der Waals surface area contributed by atoms with Crippen molar-refractivity contribution in [1.82, 2.24) is 9.88 Å². The van der Waals surface area contributed by atoms with Crippen molar-refractivity contribution in [3.63, 3.8) is 0 Å². The van der Waals surface area contributed by atoms with Crippen molar-refractivity contribution in [3.05, 3.63) is 53.2 Å². The standard InChI is InChI=1S/C18H20ClN3O3S/c1-2-22(16-9-10-26(24,25)12-16)18(23)13-3-8-17(20-11-13)21-15-6-4-14(19)5-7-15/h3-8,11,16H,2,9-10,12H2,1H3,(H,20,21). The number of aromatic nitrogens is 1. The number of halogens is 1. The minimum Gasteiger partial charge on any atom is -0.340 e. The van der Waals surface area contributed by atoms with Gasteiger partial charge in [-0.2, -0.15) is 0 Å². The Hall–Kier alpha value is -2.12. The molecule has 1 aliphatic rings. The van der Waals surface area contributed by atoms with Gasteiger partial charge in [0.2, 0.25) is 0 Å². The fourth-order valence-corrected chi connectivity index (χ4v) is 4.89. The molecule has 2 heterocycles. The van der Waals surface area contributed by atoms with Gasteiger partial charge in [0.15, 0.2) is 9.84 Å². The van der Waals surface area contributed by atoms with Gasteiger partial charge < -0.3 is 10.2 Å². The fourth-order valence-electron chi connectivity index (χ4n) is 3.03. The first kappa shape index (κ1) is 18.7. The predicted octanol–water partition coefficient (Wildman–Crippen LogP) is 3.13. The zero-order valence-corrected chi connectivity index (χ0v) is 15.9. The Morgan fingerprint density at radius 3 is 2.54 bits per heavy atom. The summed E-state index contributed by atoms with van der Waals surface area (Å²) < 4.78 is 23.4. The molecule has 1 unspecified atom stereocenters. The van der Waals surface area contributed by atoms with Crippen molar-refractivity contribution in [3.8, 4) is 0 Å². The third-order valence-electron chi connectivity index (χ3n) is 4.38. The van der Waals surface area contributed by atoms with Gasteiger partial charge in [0.05, 0.1) is 17.1 Å². The maximum Gasteiger partial charge on any atom is 0.255 e. The molecule has 1 saturated heterocycles. The highest BCUT2D eigenvalue weighted by molar-refractivity contribution is 7.91. The molecule has 26 heavy (non-hydrogen) atoms. The smallest absolute Gasteiger partial charge is 0.255 e. The van der Waals surface area contributed by atoms with E-state index in [2.05, 4.69) is 10.3 Å². The van der Waals surface area contributed by atoms with Crippen LogP contribution in [0.2, 0.25) is 5.02 Å². The number of carbonyl (C=O) groups excluding carboxylic acids is 1. The maximum absolute atomic E-state index is 12.7. The minimum absolute atomic E-state index is 0.0379. The Labute approximate surface area is 158 Å². The van der Waals surface area contributed by atoms with E-state index in [0.29, 0.717) is 29.4 Å². The lowest BCUT2D eigenvalue weighted by Crippen LogP contribution is -2.41. The third-order valence-corrected chi connectivity index (χ3v) is 6.38. The molecular weight excluding hydrogens is 374 g/mol. The number of sulfone groups is 1. The molecule has 2 aromatic rings. The Morgan fingerprint density at radius 2 is 2.00 bits per heavy atom. The van der Waals surface area contributed by atoms with E-state index in [1.807, 2.05) is 19.1 Å². The van der Waals surface area contributed by atoms with Crippen molar-refractivity contribution < 1.29 is 13.2 Å². The van der Waals surface area contributed by atoms with Gasteiger partial charge >= 0.3 is 0 Å². The highest BCUT2D eigenvalue weighted by atomic mass is 35.5. The van der Waals surface area contributed by atoms with E-state index in [1.54, 1.807) is 29.2 Å². The molecule has 138 valence electrons. The first-order valence-electron chi connectivity index (χ1n) is 8.38. The Kier molecular flexibility index (Phi) is 5.48. The Morgan fingerprint density at radius 1 is 1.27 bits per heavy atom. The zero-order valence-electron chi connectivity index (χ0n) is 14.4. The molecular formula is C18H20ClN3O3S. The van der Waals surface area contributed by atoms with Crippen LogP contribution in [0, 0.1) is 0 Å². The maximum atomic E-state index is 12.7. The molecule has 1 atom stereocenters. The van der Waals surface area contributed by atoms with Crippen molar-refractivity contribution >= 4 is 38.9 Å². The van der Waals surface area contributed by atoms with E-state index >= 15 is 0 Å². The van der Waals surface area contributed by atoms with Crippen molar-refractivity contribution in [2.24, 2.45) is 0 Å². The summed E-state index contributed by atoms with van der Waals surface area (Å²) in [6, 6.07) is 10.4. The molecule has 0 bridgehead atoms. The predicted molar refractivity (Wildman–Crippen MR) is 103 cm³/mol. The minimum atomic E-state index is -3.04. The topological polar surface area (TPSA) is 79.4 Å². The number of nitrogens with zero attached hydrogens (tertiary/aromatic N) is 2. The van der Waals surface area contributed by atoms with E-state index in [0.717, 1.165) is 5.69 Å². The number of hydrogen-bond donors (Lipinski definition) is 1. The second-order valence-electron chi connectivity index (χ2n) is 6.21. The van der Waals surface area contributed by atoms with Crippen LogP contribution in [0.25, 0.3) is 0 Å². The third kappa shape index (κ3) is 4.34. The lowest BCUT2D eigenvalue weighted by Gasteiger charge is -2.26. The summed E-state index contributed by atoms with van der Waals surface area (Å²) in [6.45, 7) is 2.32. The van der Waals surface area contributed by atoms with Gasteiger partial charge in [0.1, 0.15) is 5.82 Å². The van der Waals surface area contributed by atoms with E-state index in [1.165, 1.54) is 6.20 Å². The first-order valence-corrected chi connectivity index (χ1v) is 10.6. The summed E-state index contributed by atoms with van der Waals surface area (Å²) in [5, 5.41) is 3.78. The summed E-state index contributed by atoms with van der Waals surface area (Å²) in [7, 11) is -3.04. The number of pyridine rings is 1. The second kappa shape index (κ2) is 7.63.